The third-order valence-electron chi connectivity index (χ3n) is 4.53. The largest absolute Gasteiger partial charge is 0.493 e. The van der Waals surface area contributed by atoms with Crippen LogP contribution in [0.2, 0.25) is 5.02 Å². The number of benzene rings is 3. The number of nitro benzene ring substituents is 1. The van der Waals surface area contributed by atoms with Gasteiger partial charge >= 0.3 is 5.69 Å². The molecule has 0 aromatic heterocycles. The van der Waals surface area contributed by atoms with Crippen molar-refractivity contribution < 1.29 is 19.2 Å². The smallest absolute Gasteiger partial charge is 0.313 e. The van der Waals surface area contributed by atoms with E-state index in [1.54, 1.807) is 6.07 Å². The number of nitrogens with zero attached hydrogens (tertiary/aromatic N) is 1. The Bertz CT molecular complexity index is 1130. The molecule has 7 nitrogen and oxygen atoms in total. The van der Waals surface area contributed by atoms with Gasteiger partial charge in [-0.15, -0.1) is 0 Å². The van der Waals surface area contributed by atoms with E-state index in [9.17, 15) is 14.9 Å². The molecule has 0 aliphatic rings. The molecule has 0 saturated heterocycles. The molecule has 30 heavy (non-hydrogen) atoms. The quantitative estimate of drug-likeness (QED) is 0.390. The Balaban J connectivity index is 1.85. The maximum absolute atomic E-state index is 12.6. The van der Waals surface area contributed by atoms with Crippen LogP contribution in [0.5, 0.6) is 17.2 Å². The van der Waals surface area contributed by atoms with E-state index in [2.05, 4.69) is 5.32 Å². The first kappa shape index (κ1) is 21.1. The van der Waals surface area contributed by atoms with Gasteiger partial charge in [0.2, 0.25) is 5.75 Å². The lowest BCUT2D eigenvalue weighted by atomic mass is 10.1. The Labute approximate surface area is 178 Å². The second kappa shape index (κ2) is 8.84. The summed E-state index contributed by atoms with van der Waals surface area (Å²) in [6, 6.07) is 14.3. The summed E-state index contributed by atoms with van der Waals surface area (Å²) in [4.78, 5) is 23.3. The Hall–Kier alpha value is -3.58. The average Bonchev–Trinajstić information content (AvgIpc) is 2.72. The van der Waals surface area contributed by atoms with E-state index < -0.39 is 4.92 Å². The lowest BCUT2D eigenvalue weighted by molar-refractivity contribution is -0.385. The summed E-state index contributed by atoms with van der Waals surface area (Å²) >= 11 is 5.83. The van der Waals surface area contributed by atoms with Crippen LogP contribution in [0.15, 0.2) is 54.6 Å². The van der Waals surface area contributed by atoms with Crippen molar-refractivity contribution in [1.82, 2.24) is 0 Å². The molecule has 8 heteroatoms. The minimum Gasteiger partial charge on any atom is -0.493 e. The zero-order chi connectivity index (χ0) is 21.8. The Morgan fingerprint density at radius 1 is 0.967 bits per heavy atom. The molecule has 0 saturated carbocycles. The second-order valence-electron chi connectivity index (χ2n) is 6.59. The van der Waals surface area contributed by atoms with Crippen molar-refractivity contribution >= 4 is 28.9 Å². The zero-order valence-electron chi connectivity index (χ0n) is 16.6. The predicted octanol–water partition coefficient (Wildman–Crippen LogP) is 5.92. The maximum Gasteiger partial charge on any atom is 0.313 e. The molecule has 0 aliphatic heterocycles. The van der Waals surface area contributed by atoms with Crippen LogP contribution in [0.3, 0.4) is 0 Å². The van der Waals surface area contributed by atoms with Gasteiger partial charge in [0.25, 0.3) is 5.91 Å². The number of aryl methyl sites for hydroxylation is 2. The fraction of sp³-hybridized carbons (Fsp3) is 0.136. The molecule has 3 aromatic rings. The highest BCUT2D eigenvalue weighted by molar-refractivity contribution is 6.30. The summed E-state index contributed by atoms with van der Waals surface area (Å²) in [5, 5.41) is 14.3. The van der Waals surface area contributed by atoms with Crippen LogP contribution in [-0.2, 0) is 0 Å². The molecule has 3 rings (SSSR count). The van der Waals surface area contributed by atoms with E-state index in [1.165, 1.54) is 37.4 Å². The summed E-state index contributed by atoms with van der Waals surface area (Å²) in [5.41, 5.74) is 2.95. The highest BCUT2D eigenvalue weighted by Gasteiger charge is 2.19. The minimum absolute atomic E-state index is 0.00929. The van der Waals surface area contributed by atoms with E-state index >= 15 is 0 Å². The number of hydrogen-bond acceptors (Lipinski definition) is 5. The van der Waals surface area contributed by atoms with E-state index in [-0.39, 0.29) is 33.9 Å². The molecule has 0 spiro atoms. The molecule has 0 heterocycles. The SMILES string of the molecule is COc1cc(C(=O)Nc2ccc(C)c(C)c2)ccc1Oc1ccc(Cl)cc1[N+](=O)[O-]. The summed E-state index contributed by atoms with van der Waals surface area (Å²) in [7, 11) is 1.42. The molecule has 0 radical (unpaired) electrons. The van der Waals surface area contributed by atoms with Crippen LogP contribution in [-0.4, -0.2) is 17.9 Å². The summed E-state index contributed by atoms with van der Waals surface area (Å²) < 4.78 is 11.0. The number of rotatable bonds is 6. The lowest BCUT2D eigenvalue weighted by Crippen LogP contribution is -2.12. The van der Waals surface area contributed by atoms with Gasteiger partial charge in [-0.05, 0) is 67.4 Å². The highest BCUT2D eigenvalue weighted by Crippen LogP contribution is 2.38. The van der Waals surface area contributed by atoms with Gasteiger partial charge in [0.15, 0.2) is 11.5 Å². The van der Waals surface area contributed by atoms with E-state index in [1.807, 2.05) is 32.0 Å². The highest BCUT2D eigenvalue weighted by atomic mass is 35.5. The monoisotopic (exact) mass is 426 g/mol. The summed E-state index contributed by atoms with van der Waals surface area (Å²) in [6.45, 7) is 3.96. The molecular formula is C22H19ClN2O5. The summed E-state index contributed by atoms with van der Waals surface area (Å²) in [6.07, 6.45) is 0. The molecule has 154 valence electrons. The van der Waals surface area contributed by atoms with Gasteiger partial charge in [0.05, 0.1) is 12.0 Å². The number of nitro groups is 1. The molecule has 0 unspecified atom stereocenters. The van der Waals surface area contributed by atoms with Crippen LogP contribution in [0.4, 0.5) is 11.4 Å². The van der Waals surface area contributed by atoms with Crippen LogP contribution in [0, 0.1) is 24.0 Å². The average molecular weight is 427 g/mol. The fourth-order valence-electron chi connectivity index (χ4n) is 2.75. The van der Waals surface area contributed by atoms with Crippen molar-refractivity contribution in [3.63, 3.8) is 0 Å². The molecule has 1 amide bonds. The topological polar surface area (TPSA) is 90.7 Å². The van der Waals surface area contributed by atoms with Crippen molar-refractivity contribution in [3.8, 4) is 17.2 Å². The van der Waals surface area contributed by atoms with Gasteiger partial charge < -0.3 is 14.8 Å². The number of carbonyl (C=O) groups is 1. The number of amides is 1. The van der Waals surface area contributed by atoms with Crippen molar-refractivity contribution in [2.24, 2.45) is 0 Å². The van der Waals surface area contributed by atoms with Gasteiger partial charge in [-0.3, -0.25) is 14.9 Å². The van der Waals surface area contributed by atoms with E-state index in [0.717, 1.165) is 11.1 Å². The molecular weight excluding hydrogens is 408 g/mol. The normalized spacial score (nSPS) is 10.4. The standard InChI is InChI=1S/C22H19ClN2O5/c1-13-4-7-17(10-14(13)2)24-22(26)15-5-8-20(21(11-15)29-3)30-19-9-6-16(23)12-18(19)25(27)28/h4-12H,1-3H3,(H,24,26). The van der Waals surface area contributed by atoms with Gasteiger partial charge in [-0.2, -0.15) is 0 Å². The van der Waals surface area contributed by atoms with E-state index in [4.69, 9.17) is 21.1 Å². The van der Waals surface area contributed by atoms with Gasteiger partial charge in [0, 0.05) is 22.3 Å². The predicted molar refractivity (Wildman–Crippen MR) is 115 cm³/mol. The molecule has 1 N–H and O–H groups in total. The Morgan fingerprint density at radius 3 is 2.37 bits per heavy atom. The molecule has 0 atom stereocenters. The van der Waals surface area contributed by atoms with Gasteiger partial charge in [-0.1, -0.05) is 17.7 Å². The van der Waals surface area contributed by atoms with Crippen LogP contribution in [0.25, 0.3) is 0 Å². The third kappa shape index (κ3) is 4.69. The van der Waals surface area contributed by atoms with Crippen molar-refractivity contribution in [1.29, 1.82) is 0 Å². The Morgan fingerprint density at radius 2 is 1.70 bits per heavy atom. The first-order valence-corrected chi connectivity index (χ1v) is 9.34. The number of nitrogens with one attached hydrogen (secondary N) is 1. The molecule has 0 fully saturated rings. The fourth-order valence-corrected chi connectivity index (χ4v) is 2.92. The lowest BCUT2D eigenvalue weighted by Gasteiger charge is -2.13. The number of ether oxygens (including phenoxy) is 2. The van der Waals surface area contributed by atoms with Crippen molar-refractivity contribution in [3.05, 3.63) is 86.4 Å². The number of methoxy groups -OCH3 is 1. The van der Waals surface area contributed by atoms with Crippen molar-refractivity contribution in [2.45, 2.75) is 13.8 Å². The Kier molecular flexibility index (Phi) is 6.23. The van der Waals surface area contributed by atoms with Crippen LogP contribution < -0.4 is 14.8 Å². The molecule has 3 aromatic carbocycles. The molecule has 0 aliphatic carbocycles. The van der Waals surface area contributed by atoms with E-state index in [0.29, 0.717) is 11.3 Å². The third-order valence-corrected chi connectivity index (χ3v) is 4.76. The number of anilines is 1. The summed E-state index contributed by atoms with van der Waals surface area (Å²) in [5.74, 6) is 0.174. The number of hydrogen-bond donors (Lipinski definition) is 1. The second-order valence-corrected chi connectivity index (χ2v) is 7.03. The van der Waals surface area contributed by atoms with Crippen LogP contribution >= 0.6 is 11.6 Å². The van der Waals surface area contributed by atoms with Crippen LogP contribution in [0.1, 0.15) is 21.5 Å². The first-order chi connectivity index (χ1) is 14.3. The number of halogens is 1. The number of carbonyl (C=O) groups excluding carboxylic acids is 1. The van der Waals surface area contributed by atoms with Crippen molar-refractivity contribution in [2.75, 3.05) is 12.4 Å². The first-order valence-electron chi connectivity index (χ1n) is 8.97. The van der Waals surface area contributed by atoms with Gasteiger partial charge in [-0.25, -0.2) is 0 Å². The van der Waals surface area contributed by atoms with Gasteiger partial charge in [0.1, 0.15) is 0 Å². The molecule has 0 bridgehead atoms. The minimum atomic E-state index is -0.584. The zero-order valence-corrected chi connectivity index (χ0v) is 17.3. The maximum atomic E-state index is 12.6.